The van der Waals surface area contributed by atoms with E-state index in [1.807, 2.05) is 6.92 Å². The fourth-order valence-electron chi connectivity index (χ4n) is 4.61. The fourth-order valence-corrected chi connectivity index (χ4v) is 6.14. The van der Waals surface area contributed by atoms with Crippen molar-refractivity contribution in [3.05, 3.63) is 0 Å². The third-order valence-corrected chi connectivity index (χ3v) is 7.35. The van der Waals surface area contributed by atoms with Crippen molar-refractivity contribution in [3.8, 4) is 0 Å². The highest BCUT2D eigenvalue weighted by Gasteiger charge is 2.49. The summed E-state index contributed by atoms with van der Waals surface area (Å²) in [5, 5.41) is 0. The van der Waals surface area contributed by atoms with Crippen molar-refractivity contribution in [1.29, 1.82) is 0 Å². The van der Waals surface area contributed by atoms with Crippen molar-refractivity contribution in [2.75, 3.05) is 5.75 Å². The number of fused-ring (bicyclic) bond motifs is 1. The molecular formula is C16H30N2O3S. The maximum atomic E-state index is 12.2. The fraction of sp³-hybridized carbons (Fsp3) is 0.938. The van der Waals surface area contributed by atoms with Crippen LogP contribution in [0.1, 0.15) is 65.2 Å². The van der Waals surface area contributed by atoms with E-state index in [9.17, 15) is 13.2 Å². The molecule has 0 spiro atoms. The molecule has 0 bridgehead atoms. The van der Waals surface area contributed by atoms with E-state index in [1.54, 1.807) is 6.92 Å². The minimum atomic E-state index is -3.47. The van der Waals surface area contributed by atoms with Crippen LogP contribution in [-0.2, 0) is 14.8 Å². The Balaban J connectivity index is 2.27. The summed E-state index contributed by atoms with van der Waals surface area (Å²) in [7, 11) is -3.47. The summed E-state index contributed by atoms with van der Waals surface area (Å²) < 4.78 is 27.1. The monoisotopic (exact) mass is 330 g/mol. The molecule has 0 aromatic rings. The third kappa shape index (κ3) is 3.65. The van der Waals surface area contributed by atoms with Gasteiger partial charge in [0.05, 0.1) is 5.75 Å². The van der Waals surface area contributed by atoms with E-state index in [-0.39, 0.29) is 11.7 Å². The normalized spacial score (nSPS) is 32.0. The maximum Gasteiger partial charge on any atom is 0.238 e. The van der Waals surface area contributed by atoms with Crippen molar-refractivity contribution >= 4 is 15.9 Å². The number of amides is 1. The molecule has 2 rings (SSSR count). The van der Waals surface area contributed by atoms with Gasteiger partial charge in [-0.15, -0.1) is 0 Å². The van der Waals surface area contributed by atoms with Crippen molar-refractivity contribution in [2.24, 2.45) is 23.5 Å². The highest BCUT2D eigenvalue weighted by atomic mass is 32.2. The molecule has 4 atom stereocenters. The number of primary amides is 1. The number of sulfonamides is 1. The molecule has 128 valence electrons. The number of carbonyl (C=O) groups is 1. The van der Waals surface area contributed by atoms with Gasteiger partial charge in [-0.2, -0.15) is 4.72 Å². The van der Waals surface area contributed by atoms with Gasteiger partial charge in [-0.3, -0.25) is 4.79 Å². The number of rotatable bonds is 6. The first-order valence-electron chi connectivity index (χ1n) is 8.61. The van der Waals surface area contributed by atoms with E-state index in [0.29, 0.717) is 18.3 Å². The van der Waals surface area contributed by atoms with E-state index in [0.717, 1.165) is 19.3 Å². The smallest absolute Gasteiger partial charge is 0.238 e. The van der Waals surface area contributed by atoms with Crippen LogP contribution in [0.2, 0.25) is 0 Å². The molecule has 0 aromatic carbocycles. The van der Waals surface area contributed by atoms with E-state index < -0.39 is 21.5 Å². The lowest BCUT2D eigenvalue weighted by molar-refractivity contribution is -0.127. The minimum Gasteiger partial charge on any atom is -0.368 e. The second-order valence-corrected chi connectivity index (χ2v) is 9.08. The SMILES string of the molecule is CCCS(=O)(=O)NC(C)(C(N)=O)C1CCCC2CCCCC21. The zero-order valence-corrected chi connectivity index (χ0v) is 14.6. The first-order valence-corrected chi connectivity index (χ1v) is 10.3. The predicted octanol–water partition coefficient (Wildman–Crippen LogP) is 2.17. The Bertz CT molecular complexity index is 504. The quantitative estimate of drug-likeness (QED) is 0.782. The average molecular weight is 330 g/mol. The Morgan fingerprint density at radius 1 is 1.18 bits per heavy atom. The van der Waals surface area contributed by atoms with Gasteiger partial charge in [-0.05, 0) is 43.9 Å². The van der Waals surface area contributed by atoms with Gasteiger partial charge in [0.2, 0.25) is 15.9 Å². The number of hydrogen-bond acceptors (Lipinski definition) is 3. The molecule has 1 amide bonds. The van der Waals surface area contributed by atoms with Crippen LogP contribution in [0.5, 0.6) is 0 Å². The summed E-state index contributed by atoms with van der Waals surface area (Å²) in [6.45, 7) is 3.52. The number of carbonyl (C=O) groups excluding carboxylic acids is 1. The lowest BCUT2D eigenvalue weighted by Crippen LogP contribution is -2.63. The lowest BCUT2D eigenvalue weighted by Gasteiger charge is -2.48. The molecule has 0 radical (unpaired) electrons. The van der Waals surface area contributed by atoms with Gasteiger partial charge in [0.1, 0.15) is 5.54 Å². The molecule has 0 saturated heterocycles. The topological polar surface area (TPSA) is 89.3 Å². The Labute approximate surface area is 134 Å². The van der Waals surface area contributed by atoms with Crippen LogP contribution < -0.4 is 10.5 Å². The molecule has 2 fully saturated rings. The highest BCUT2D eigenvalue weighted by Crippen LogP contribution is 2.47. The molecule has 22 heavy (non-hydrogen) atoms. The van der Waals surface area contributed by atoms with Crippen molar-refractivity contribution in [2.45, 2.75) is 70.8 Å². The molecule has 0 heterocycles. The number of nitrogens with two attached hydrogens (primary N) is 1. The van der Waals surface area contributed by atoms with Crippen LogP contribution in [-0.4, -0.2) is 25.6 Å². The first kappa shape index (κ1) is 17.7. The molecule has 0 aromatic heterocycles. The molecule has 3 N–H and O–H groups in total. The molecule has 2 aliphatic rings. The van der Waals surface area contributed by atoms with Crippen LogP contribution in [0.4, 0.5) is 0 Å². The molecule has 0 aliphatic heterocycles. The van der Waals surface area contributed by atoms with Crippen molar-refractivity contribution < 1.29 is 13.2 Å². The maximum absolute atomic E-state index is 12.2. The van der Waals surface area contributed by atoms with Gasteiger partial charge >= 0.3 is 0 Å². The summed E-state index contributed by atoms with van der Waals surface area (Å²) in [5.41, 5.74) is 4.50. The van der Waals surface area contributed by atoms with E-state index in [4.69, 9.17) is 5.73 Å². The third-order valence-electron chi connectivity index (χ3n) is 5.67. The van der Waals surface area contributed by atoms with Gasteiger partial charge in [0.15, 0.2) is 0 Å². The molecule has 2 saturated carbocycles. The van der Waals surface area contributed by atoms with Gasteiger partial charge in [0.25, 0.3) is 0 Å². The van der Waals surface area contributed by atoms with Gasteiger partial charge in [0, 0.05) is 0 Å². The summed E-state index contributed by atoms with van der Waals surface area (Å²) in [5.74, 6) is 0.571. The summed E-state index contributed by atoms with van der Waals surface area (Å²) >= 11 is 0. The van der Waals surface area contributed by atoms with Crippen LogP contribution in [0.3, 0.4) is 0 Å². The largest absolute Gasteiger partial charge is 0.368 e. The second kappa shape index (κ2) is 6.87. The minimum absolute atomic E-state index is 0.0238. The van der Waals surface area contributed by atoms with Gasteiger partial charge < -0.3 is 5.73 Å². The molecule has 4 unspecified atom stereocenters. The highest BCUT2D eigenvalue weighted by molar-refractivity contribution is 7.89. The molecule has 5 nitrogen and oxygen atoms in total. The van der Waals surface area contributed by atoms with E-state index in [1.165, 1.54) is 25.7 Å². The average Bonchev–Trinajstić information content (AvgIpc) is 2.45. The molecule has 6 heteroatoms. The summed E-state index contributed by atoms with van der Waals surface area (Å²) in [6.07, 6.45) is 8.40. The predicted molar refractivity (Wildman–Crippen MR) is 87.6 cm³/mol. The Morgan fingerprint density at radius 2 is 1.82 bits per heavy atom. The standard InChI is InChI=1S/C16H30N2O3S/c1-3-11-22(20,21)18-16(2,15(17)19)14-10-6-8-12-7-4-5-9-13(12)14/h12-14,18H,3-11H2,1-2H3,(H2,17,19). The summed E-state index contributed by atoms with van der Waals surface area (Å²) in [6, 6.07) is 0. The zero-order chi connectivity index (χ0) is 16.4. The van der Waals surface area contributed by atoms with Crippen LogP contribution in [0.15, 0.2) is 0 Å². The number of hydrogen-bond donors (Lipinski definition) is 2. The Morgan fingerprint density at radius 3 is 2.45 bits per heavy atom. The van der Waals surface area contributed by atoms with E-state index >= 15 is 0 Å². The first-order chi connectivity index (χ1) is 10.3. The van der Waals surface area contributed by atoms with Gasteiger partial charge in [-0.25, -0.2) is 8.42 Å². The molecular weight excluding hydrogens is 300 g/mol. The summed E-state index contributed by atoms with van der Waals surface area (Å²) in [4.78, 5) is 12.2. The van der Waals surface area contributed by atoms with Crippen LogP contribution >= 0.6 is 0 Å². The zero-order valence-electron chi connectivity index (χ0n) is 13.8. The Hall–Kier alpha value is -0.620. The van der Waals surface area contributed by atoms with Crippen molar-refractivity contribution in [3.63, 3.8) is 0 Å². The number of nitrogens with one attached hydrogen (secondary N) is 1. The van der Waals surface area contributed by atoms with Crippen LogP contribution in [0.25, 0.3) is 0 Å². The lowest BCUT2D eigenvalue weighted by atomic mass is 9.60. The van der Waals surface area contributed by atoms with Gasteiger partial charge in [-0.1, -0.05) is 39.0 Å². The Kier molecular flexibility index (Phi) is 5.54. The molecule has 2 aliphatic carbocycles. The van der Waals surface area contributed by atoms with Crippen LogP contribution in [0, 0.1) is 17.8 Å². The van der Waals surface area contributed by atoms with Crippen molar-refractivity contribution in [1.82, 2.24) is 4.72 Å². The second-order valence-electron chi connectivity index (χ2n) is 7.23. The van der Waals surface area contributed by atoms with E-state index in [2.05, 4.69) is 4.72 Å².